The summed E-state index contributed by atoms with van der Waals surface area (Å²) in [6, 6.07) is -7.82. The second-order valence-electron chi connectivity index (χ2n) is 42.4. The summed E-state index contributed by atoms with van der Waals surface area (Å²) in [6.07, 6.45) is 0.772. The van der Waals surface area contributed by atoms with Gasteiger partial charge in [0.25, 0.3) is 0 Å². The molecule has 0 radical (unpaired) electrons. The molecule has 0 aromatic rings. The molecule has 0 bridgehead atoms. The number of ether oxygens (including phenoxy) is 8. The van der Waals surface area contributed by atoms with Crippen LogP contribution in [0.25, 0.3) is 0 Å². The fourth-order valence-electron chi connectivity index (χ4n) is 21.0. The Hall–Kier alpha value is -9.55. The first-order chi connectivity index (χ1) is 65.3. The molecule has 140 heavy (non-hydrogen) atoms. The van der Waals surface area contributed by atoms with Gasteiger partial charge in [-0.1, -0.05) is 148 Å². The van der Waals surface area contributed by atoms with Crippen LogP contribution in [0.3, 0.4) is 0 Å². The Labute approximate surface area is 827 Å². The third kappa shape index (κ3) is 30.8. The van der Waals surface area contributed by atoms with E-state index in [0.717, 1.165) is 9.80 Å². The molecule has 5 rings (SSSR count). The second-order valence-corrected chi connectivity index (χ2v) is 42.4. The maximum absolute atomic E-state index is 17.6. The number of fused-ring (bicyclic) bond motifs is 5. The predicted molar refractivity (Wildman–Crippen MR) is 515 cm³/mol. The molecule has 3 saturated carbocycles. The van der Waals surface area contributed by atoms with Crippen LogP contribution in [0.1, 0.15) is 254 Å². The van der Waals surface area contributed by atoms with Crippen molar-refractivity contribution in [2.75, 3.05) is 109 Å². The van der Waals surface area contributed by atoms with Crippen LogP contribution < -0.4 is 0 Å². The highest BCUT2D eigenvalue weighted by atomic mass is 19.1. The maximum Gasteiger partial charge on any atom is 0.511 e. The summed E-state index contributed by atoms with van der Waals surface area (Å²) in [5, 5.41) is 23.9. The summed E-state index contributed by atoms with van der Waals surface area (Å²) >= 11 is 0. The van der Waals surface area contributed by atoms with Crippen LogP contribution in [0.2, 0.25) is 0 Å². The number of allylic oxidation sites excluding steroid dienone is 6. The van der Waals surface area contributed by atoms with Gasteiger partial charge in [0.05, 0.1) is 76.8 Å². The Kier molecular flexibility index (Phi) is 46.8. The number of aliphatic hydroxyl groups is 2. The molecule has 0 aromatic heterocycles. The Morgan fingerprint density at radius 1 is 0.521 bits per heavy atom. The molecule has 35 nitrogen and oxygen atoms in total. The van der Waals surface area contributed by atoms with E-state index in [0.29, 0.717) is 18.4 Å². The average Bonchev–Trinajstić information content (AvgIpc) is 1.50. The zero-order chi connectivity index (χ0) is 106. The van der Waals surface area contributed by atoms with Gasteiger partial charge < -0.3 is 82.4 Å². The summed E-state index contributed by atoms with van der Waals surface area (Å²) in [6.45, 7) is 31.8. The SMILES string of the molecule is C/C=C/C[C@@H](C)[C@@H](OC(=O)OCOC(=O)CCC(=O)OCCOCCOCCOC(=O)CCC(=O)OCC(=O)[C@@]1(O)[C@@H](C)CC2C3CCC4=CC(=O)C=C[C@]4(C)[C@@]3(F)[C@@H](O)C[C@@]21C)C1C(=O)CC(CC)C(=O)N(C)CC(=O)N(C)[C@@H](CC(C)C)C(=O)CC(C(C)C)C(=O)N(C)C(CC(C)C)C(=O)CC(C)C(=O)CC(C)C(=O)N(C)C(CC(C)C)C(=O)N(C)C(CC(C)C)C(=O)N(C)C(C(C)C)C(=O)N1C. The Balaban J connectivity index is 1.28. The first-order valence-electron chi connectivity index (χ1n) is 50.0. The highest BCUT2D eigenvalue weighted by Gasteiger charge is 2.76. The average molecular weight is 1980 g/mol. The van der Waals surface area contributed by atoms with Crippen molar-refractivity contribution in [3.8, 4) is 0 Å². The van der Waals surface area contributed by atoms with Crippen molar-refractivity contribution in [3.63, 3.8) is 0 Å². The first kappa shape index (κ1) is 121. The van der Waals surface area contributed by atoms with E-state index in [-0.39, 0.29) is 140 Å². The molecule has 1 heterocycles. The van der Waals surface area contributed by atoms with Gasteiger partial charge in [-0.3, -0.25) is 81.5 Å². The number of nitrogens with zero attached hydrogens (tertiary/aromatic N) is 7. The van der Waals surface area contributed by atoms with Crippen molar-refractivity contribution in [1.29, 1.82) is 0 Å². The van der Waals surface area contributed by atoms with Crippen molar-refractivity contribution in [1.82, 2.24) is 34.3 Å². The fourth-order valence-corrected chi connectivity index (χ4v) is 21.0. The number of rotatable bonds is 36. The molecule has 0 spiro atoms. The number of hydrogen-bond acceptors (Lipinski definition) is 28. The highest BCUT2D eigenvalue weighted by Crippen LogP contribution is 2.71. The van der Waals surface area contributed by atoms with Gasteiger partial charge in [-0.15, -0.1) is 0 Å². The third-order valence-corrected chi connectivity index (χ3v) is 29.4. The molecular weight excluding hydrogens is 1810 g/mol. The lowest BCUT2D eigenvalue weighted by atomic mass is 9.44. The standard InChI is InChI=1S/C104H164FN7O28/c1-28-30-31-66(15)93(140-100(131)139-59-138-90(124)37-35-88(122)136-45-43-134-41-40-133-42-44-135-87(121)34-36-89(123)137-58-85(119)104(132)69(18)52-75-74-33-32-71-54-72(113)38-39-101(71,19)103(74,105)84(118)56-102(75,104)20)92-83(117)53-70(29-2)95(126)106(21)57-86(120)107(22)76(46-60(3)4)82(116)55-73(64(11)12)96(127)108(23)77(47-61(5)6)81(115)50-67(16)80(114)51-68(17)94(125)109(24)78(48-62(7)8)97(128)110(25)79(49-63(9)10)98(129)111(26)91(65(13)14)99(130)112(92)27/h28,30,38-39,54,60-70,73-79,84,91-93,118,132H,29,31-37,40-53,55-59H2,1-27H3/b30-28+/t66-,67?,68?,69+,70?,73?,74?,75?,76+,77?,78?,79?,84+,91?,92?,93-,101+,102+,103+,104+/m1/s1. The van der Waals surface area contributed by atoms with E-state index in [2.05, 4.69) is 0 Å². The molecule has 36 heteroatoms. The number of alkyl halides is 1. The van der Waals surface area contributed by atoms with Crippen molar-refractivity contribution in [2.45, 2.75) is 314 Å². The predicted octanol–water partition coefficient (Wildman–Crippen LogP) is 10.4. The molecule has 0 aromatic carbocycles. The van der Waals surface area contributed by atoms with E-state index in [4.69, 9.17) is 37.9 Å². The minimum absolute atomic E-state index is 0.0142. The molecule has 5 aliphatic rings. The number of halogens is 1. The molecule has 2 N–H and O–H groups in total. The van der Waals surface area contributed by atoms with Crippen molar-refractivity contribution in [3.05, 3.63) is 36.0 Å². The Morgan fingerprint density at radius 2 is 0.993 bits per heavy atom. The van der Waals surface area contributed by atoms with Crippen molar-refractivity contribution in [2.24, 2.45) is 93.7 Å². The van der Waals surface area contributed by atoms with Crippen LogP contribution in [0, 0.1) is 93.7 Å². The summed E-state index contributed by atoms with van der Waals surface area (Å²) in [5.74, 6) is -20.2. The maximum atomic E-state index is 17.6. The van der Waals surface area contributed by atoms with E-state index >= 15 is 23.6 Å². The molecule has 1 aliphatic heterocycles. The van der Waals surface area contributed by atoms with Crippen LogP contribution in [0.4, 0.5) is 9.18 Å². The molecule has 20 atom stereocenters. The lowest BCUT2D eigenvalue weighted by Crippen LogP contribution is -2.69. The van der Waals surface area contributed by atoms with E-state index in [1.165, 1.54) is 92.1 Å². The number of hydrogen-bond donors (Lipinski definition) is 2. The minimum atomic E-state index is -2.18. The first-order valence-corrected chi connectivity index (χ1v) is 50.0. The number of likely N-dealkylation sites (N-methyl/N-ethyl adjacent to an activating group) is 7. The summed E-state index contributed by atoms with van der Waals surface area (Å²) < 4.78 is 60.7. The Morgan fingerprint density at radius 3 is 1.51 bits per heavy atom. The number of carbonyl (C=O) groups is 18. The molecule has 7 amide bonds. The lowest BCUT2D eigenvalue weighted by molar-refractivity contribution is -0.220. The monoisotopic (exact) mass is 1980 g/mol. The van der Waals surface area contributed by atoms with Crippen molar-refractivity contribution < 1.29 is 139 Å². The van der Waals surface area contributed by atoms with Gasteiger partial charge in [0.15, 0.2) is 35.4 Å². The number of esters is 4. The van der Waals surface area contributed by atoms with Gasteiger partial charge in [-0.25, -0.2) is 9.18 Å². The van der Waals surface area contributed by atoms with E-state index in [1.54, 1.807) is 95.2 Å². The molecule has 790 valence electrons. The number of amides is 7. The van der Waals surface area contributed by atoms with Crippen LogP contribution in [0.15, 0.2) is 36.0 Å². The van der Waals surface area contributed by atoms with Gasteiger partial charge in [0.1, 0.15) is 54.9 Å². The van der Waals surface area contributed by atoms with Crippen LogP contribution in [-0.2, 0) is 119 Å². The van der Waals surface area contributed by atoms with Crippen LogP contribution in [0.5, 0.6) is 0 Å². The topological polar surface area (TPSA) is 444 Å². The lowest BCUT2D eigenvalue weighted by Gasteiger charge is -2.62. The zero-order valence-electron chi connectivity index (χ0n) is 88.2. The molecule has 4 aliphatic carbocycles. The summed E-state index contributed by atoms with van der Waals surface area (Å²) in [5.41, 5.74) is -6.22. The summed E-state index contributed by atoms with van der Waals surface area (Å²) in [4.78, 5) is 266. The minimum Gasteiger partial charge on any atom is -0.463 e. The van der Waals surface area contributed by atoms with Gasteiger partial charge in [0.2, 0.25) is 53.9 Å². The number of Topliss-reactive ketones (excluding diaryl/α,β-unsaturated/α-hetero) is 5. The normalized spacial score (nSPS) is 29.2. The van der Waals surface area contributed by atoms with Gasteiger partial charge in [-0.05, 0) is 143 Å². The summed E-state index contributed by atoms with van der Waals surface area (Å²) in [7, 11) is 9.82. The van der Waals surface area contributed by atoms with E-state index in [1.807, 2.05) is 55.4 Å². The van der Waals surface area contributed by atoms with Gasteiger partial charge >= 0.3 is 30.0 Å². The molecule has 1 saturated heterocycles. The Bertz CT molecular complexity index is 4450. The van der Waals surface area contributed by atoms with Crippen LogP contribution >= 0.6 is 0 Å². The molecule has 4 fully saturated rings. The second kappa shape index (κ2) is 54.2. The molecular formula is C104H164FN7O28. The number of ketones is 6. The number of aliphatic hydroxyl groups excluding tert-OH is 1. The van der Waals surface area contributed by atoms with Gasteiger partial charge in [-0.2, -0.15) is 0 Å². The fraction of sp³-hybridized carbons (Fsp3) is 0.769. The quantitative estimate of drug-likeness (QED) is 0.0193. The van der Waals surface area contributed by atoms with E-state index < -0.39 is 282 Å². The largest absolute Gasteiger partial charge is 0.511 e. The smallest absolute Gasteiger partial charge is 0.463 e. The van der Waals surface area contributed by atoms with Gasteiger partial charge in [0, 0.05) is 115 Å². The van der Waals surface area contributed by atoms with Crippen molar-refractivity contribution >= 4 is 106 Å². The third-order valence-electron chi connectivity index (χ3n) is 29.4. The van der Waals surface area contributed by atoms with E-state index in [9.17, 15) is 77.3 Å². The van der Waals surface area contributed by atoms with Crippen LogP contribution in [-0.4, -0.2) is 319 Å². The zero-order valence-corrected chi connectivity index (χ0v) is 88.2. The molecule has 11 unspecified atom stereocenters. The number of carbonyl (C=O) groups excluding carboxylic acids is 18. The highest BCUT2D eigenvalue weighted by molar-refractivity contribution is 6.02.